The molecule has 7 nitrogen and oxygen atoms in total. The van der Waals surface area contributed by atoms with Gasteiger partial charge >= 0.3 is 5.97 Å². The Morgan fingerprint density at radius 1 is 1.11 bits per heavy atom. The van der Waals surface area contributed by atoms with Crippen molar-refractivity contribution >= 4 is 23.6 Å². The van der Waals surface area contributed by atoms with Crippen molar-refractivity contribution in [3.63, 3.8) is 0 Å². The zero-order chi connectivity index (χ0) is 19.9. The van der Waals surface area contributed by atoms with E-state index in [0.717, 1.165) is 11.1 Å². The maximum atomic E-state index is 12.0. The van der Waals surface area contributed by atoms with Crippen LogP contribution in [0, 0.1) is 6.92 Å². The van der Waals surface area contributed by atoms with Crippen molar-refractivity contribution in [3.05, 3.63) is 53.6 Å². The van der Waals surface area contributed by atoms with E-state index < -0.39 is 18.5 Å². The van der Waals surface area contributed by atoms with Crippen molar-refractivity contribution in [2.75, 3.05) is 32.2 Å². The highest BCUT2D eigenvalue weighted by Crippen LogP contribution is 2.31. The van der Waals surface area contributed by atoms with E-state index >= 15 is 0 Å². The summed E-state index contributed by atoms with van der Waals surface area (Å²) in [6, 6.07) is 10.8. The van der Waals surface area contributed by atoms with E-state index in [9.17, 15) is 9.59 Å². The van der Waals surface area contributed by atoms with Crippen LogP contribution in [0.5, 0.6) is 17.2 Å². The molecule has 0 unspecified atom stereocenters. The number of carbonyl (C=O) groups is 2. The zero-order valence-electron chi connectivity index (χ0n) is 15.7. The van der Waals surface area contributed by atoms with Gasteiger partial charge in [0.1, 0.15) is 19.0 Å². The SMILES string of the molecule is COc1ccc(C)cc1NC(=O)COC(=O)/C=C/c1ccc2c(c1)OCCO2. The maximum absolute atomic E-state index is 12.0. The number of aryl methyl sites for hydroxylation is 1. The van der Waals surface area contributed by atoms with E-state index in [-0.39, 0.29) is 0 Å². The molecule has 0 atom stereocenters. The predicted molar refractivity (Wildman–Crippen MR) is 104 cm³/mol. The van der Waals surface area contributed by atoms with Crippen LogP contribution in [0.2, 0.25) is 0 Å². The fraction of sp³-hybridized carbons (Fsp3) is 0.238. The molecule has 0 radical (unpaired) electrons. The minimum atomic E-state index is -0.624. The van der Waals surface area contributed by atoms with Crippen LogP contribution in [0.25, 0.3) is 6.08 Å². The first-order valence-electron chi connectivity index (χ1n) is 8.74. The monoisotopic (exact) mass is 383 g/mol. The fourth-order valence-corrected chi connectivity index (χ4v) is 2.62. The van der Waals surface area contributed by atoms with Crippen LogP contribution in [0.15, 0.2) is 42.5 Å². The first kappa shape index (κ1) is 19.3. The second-order valence-electron chi connectivity index (χ2n) is 6.10. The van der Waals surface area contributed by atoms with Gasteiger partial charge in [-0.3, -0.25) is 4.79 Å². The molecule has 2 aromatic rings. The molecule has 3 rings (SSSR count). The number of hydrogen-bond acceptors (Lipinski definition) is 6. The number of esters is 1. The quantitative estimate of drug-likeness (QED) is 0.610. The Kier molecular flexibility index (Phi) is 6.16. The van der Waals surface area contributed by atoms with Crippen molar-refractivity contribution in [2.24, 2.45) is 0 Å². The van der Waals surface area contributed by atoms with Gasteiger partial charge in [-0.2, -0.15) is 0 Å². The van der Waals surface area contributed by atoms with Gasteiger partial charge in [-0.15, -0.1) is 0 Å². The summed E-state index contributed by atoms with van der Waals surface area (Å²) in [4.78, 5) is 23.9. The van der Waals surface area contributed by atoms with Gasteiger partial charge in [-0.05, 0) is 48.4 Å². The number of benzene rings is 2. The van der Waals surface area contributed by atoms with Crippen LogP contribution in [0.1, 0.15) is 11.1 Å². The second kappa shape index (κ2) is 8.94. The van der Waals surface area contributed by atoms with E-state index in [1.165, 1.54) is 13.2 Å². The highest BCUT2D eigenvalue weighted by molar-refractivity contribution is 5.95. The van der Waals surface area contributed by atoms with Crippen LogP contribution in [0.4, 0.5) is 5.69 Å². The van der Waals surface area contributed by atoms with Gasteiger partial charge < -0.3 is 24.3 Å². The lowest BCUT2D eigenvalue weighted by Crippen LogP contribution is -2.20. The number of nitrogens with one attached hydrogen (secondary N) is 1. The lowest BCUT2D eigenvalue weighted by atomic mass is 10.2. The largest absolute Gasteiger partial charge is 0.495 e. The second-order valence-corrected chi connectivity index (χ2v) is 6.10. The standard InChI is InChI=1S/C21H21NO6/c1-14-3-6-17(25-2)16(11-14)22-20(23)13-28-21(24)8-5-15-4-7-18-19(12-15)27-10-9-26-18/h3-8,11-12H,9-10,13H2,1-2H3,(H,22,23)/b8-5+. The topological polar surface area (TPSA) is 83.1 Å². The molecule has 0 saturated carbocycles. The summed E-state index contributed by atoms with van der Waals surface area (Å²) in [6.45, 7) is 2.51. The molecule has 0 spiro atoms. The summed E-state index contributed by atoms with van der Waals surface area (Å²) >= 11 is 0. The first-order valence-corrected chi connectivity index (χ1v) is 8.74. The van der Waals surface area contributed by atoms with E-state index in [4.69, 9.17) is 18.9 Å². The maximum Gasteiger partial charge on any atom is 0.331 e. The number of rotatable bonds is 6. The van der Waals surface area contributed by atoms with Gasteiger partial charge in [0, 0.05) is 6.08 Å². The fourth-order valence-electron chi connectivity index (χ4n) is 2.62. The Balaban J connectivity index is 1.52. The molecule has 1 N–H and O–H groups in total. The molecule has 1 aliphatic rings. The number of carbonyl (C=O) groups excluding carboxylic acids is 2. The molecule has 0 aliphatic carbocycles. The number of methoxy groups -OCH3 is 1. The number of anilines is 1. The summed E-state index contributed by atoms with van der Waals surface area (Å²) in [5, 5.41) is 2.67. The molecular formula is C21H21NO6. The molecule has 1 heterocycles. The summed E-state index contributed by atoms with van der Waals surface area (Å²) in [5.74, 6) is 0.762. The predicted octanol–water partition coefficient (Wildman–Crippen LogP) is 2.97. The average Bonchev–Trinajstić information content (AvgIpc) is 2.70. The Morgan fingerprint density at radius 2 is 1.89 bits per heavy atom. The first-order chi connectivity index (χ1) is 13.5. The van der Waals surface area contributed by atoms with E-state index in [1.54, 1.807) is 36.4 Å². The third kappa shape index (κ3) is 5.03. The molecule has 1 aliphatic heterocycles. The third-order valence-corrected chi connectivity index (χ3v) is 3.95. The summed E-state index contributed by atoms with van der Waals surface area (Å²) in [7, 11) is 1.52. The summed E-state index contributed by atoms with van der Waals surface area (Å²) in [5.41, 5.74) is 2.25. The number of ether oxygens (including phenoxy) is 4. The van der Waals surface area contributed by atoms with E-state index in [0.29, 0.717) is 36.1 Å². The van der Waals surface area contributed by atoms with Crippen LogP contribution >= 0.6 is 0 Å². The summed E-state index contributed by atoms with van der Waals surface area (Å²) < 4.78 is 21.1. The van der Waals surface area contributed by atoms with Crippen molar-refractivity contribution in [1.82, 2.24) is 0 Å². The molecule has 2 aromatic carbocycles. The molecule has 0 saturated heterocycles. The van der Waals surface area contributed by atoms with Crippen LogP contribution in [0.3, 0.4) is 0 Å². The lowest BCUT2D eigenvalue weighted by molar-refractivity contribution is -0.142. The zero-order valence-corrected chi connectivity index (χ0v) is 15.7. The highest BCUT2D eigenvalue weighted by atomic mass is 16.6. The molecule has 0 fully saturated rings. The molecule has 146 valence electrons. The van der Waals surface area contributed by atoms with Crippen molar-refractivity contribution in [3.8, 4) is 17.2 Å². The average molecular weight is 383 g/mol. The molecule has 7 heteroatoms. The molecule has 1 amide bonds. The molecule has 28 heavy (non-hydrogen) atoms. The Bertz CT molecular complexity index is 906. The minimum Gasteiger partial charge on any atom is -0.495 e. The van der Waals surface area contributed by atoms with Crippen LogP contribution in [-0.2, 0) is 14.3 Å². The van der Waals surface area contributed by atoms with Gasteiger partial charge in [0.2, 0.25) is 0 Å². The van der Waals surface area contributed by atoms with E-state index in [1.807, 2.05) is 13.0 Å². The summed E-state index contributed by atoms with van der Waals surface area (Å²) in [6.07, 6.45) is 2.84. The van der Waals surface area contributed by atoms with Gasteiger partial charge in [-0.25, -0.2) is 4.79 Å². The van der Waals surface area contributed by atoms with Crippen molar-refractivity contribution < 1.29 is 28.5 Å². The van der Waals surface area contributed by atoms with Crippen LogP contribution in [-0.4, -0.2) is 38.8 Å². The number of fused-ring (bicyclic) bond motifs is 1. The van der Waals surface area contributed by atoms with Gasteiger partial charge in [-0.1, -0.05) is 12.1 Å². The minimum absolute atomic E-state index is 0.401. The lowest BCUT2D eigenvalue weighted by Gasteiger charge is -2.18. The smallest absolute Gasteiger partial charge is 0.331 e. The Morgan fingerprint density at radius 3 is 2.68 bits per heavy atom. The molecule has 0 aromatic heterocycles. The number of hydrogen-bond donors (Lipinski definition) is 1. The van der Waals surface area contributed by atoms with Crippen LogP contribution < -0.4 is 19.5 Å². The third-order valence-electron chi connectivity index (χ3n) is 3.95. The Hall–Kier alpha value is -3.48. The van der Waals surface area contributed by atoms with E-state index in [2.05, 4.69) is 5.32 Å². The molecule has 0 bridgehead atoms. The molecular weight excluding hydrogens is 362 g/mol. The van der Waals surface area contributed by atoms with Gasteiger partial charge in [0.25, 0.3) is 5.91 Å². The van der Waals surface area contributed by atoms with Crippen molar-refractivity contribution in [2.45, 2.75) is 6.92 Å². The normalized spacial score (nSPS) is 12.5. The highest BCUT2D eigenvalue weighted by Gasteiger charge is 2.12. The Labute approximate surface area is 162 Å². The number of amides is 1. The van der Waals surface area contributed by atoms with Crippen molar-refractivity contribution in [1.29, 1.82) is 0 Å². The van der Waals surface area contributed by atoms with Gasteiger partial charge in [0.05, 0.1) is 12.8 Å². The van der Waals surface area contributed by atoms with Gasteiger partial charge in [0.15, 0.2) is 18.1 Å².